The van der Waals surface area contributed by atoms with Gasteiger partial charge in [-0.25, -0.2) is 0 Å². The van der Waals surface area contributed by atoms with Crippen LogP contribution in [0, 0.1) is 6.92 Å². The van der Waals surface area contributed by atoms with Crippen molar-refractivity contribution in [1.29, 1.82) is 0 Å². The number of hydrogen-bond acceptors (Lipinski definition) is 4. The molecule has 1 aromatic rings. The van der Waals surface area contributed by atoms with Gasteiger partial charge < -0.3 is 20.3 Å². The number of hydrogen-bond donors (Lipinski definition) is 3. The molecule has 0 fully saturated rings. The highest BCUT2D eigenvalue weighted by molar-refractivity contribution is 5.76. The average Bonchev–Trinajstić information content (AvgIpc) is 2.42. The van der Waals surface area contributed by atoms with Crippen molar-refractivity contribution in [3.63, 3.8) is 0 Å². The molecule has 5 heteroatoms. The Morgan fingerprint density at radius 2 is 2.21 bits per heavy atom. The van der Waals surface area contributed by atoms with Crippen LogP contribution in [-0.2, 0) is 11.2 Å². The first-order valence-corrected chi connectivity index (χ1v) is 6.35. The summed E-state index contributed by atoms with van der Waals surface area (Å²) in [4.78, 5) is 10.8. The minimum absolute atomic E-state index is 0.0622. The zero-order valence-electron chi connectivity index (χ0n) is 11.3. The molecular weight excluding hydrogens is 246 g/mol. The molecule has 0 saturated carbocycles. The summed E-state index contributed by atoms with van der Waals surface area (Å²) < 4.78 is 5.62. The third-order valence-corrected chi connectivity index (χ3v) is 2.77. The molecule has 0 aliphatic heterocycles. The summed E-state index contributed by atoms with van der Waals surface area (Å²) in [5, 5.41) is 20.6. The predicted octanol–water partition coefficient (Wildman–Crippen LogP) is 0.406. The van der Waals surface area contributed by atoms with Crippen molar-refractivity contribution < 1.29 is 19.7 Å². The van der Waals surface area contributed by atoms with Crippen LogP contribution in [0.3, 0.4) is 0 Å². The maximum Gasteiger partial charge on any atom is 0.245 e. The van der Waals surface area contributed by atoms with E-state index in [1.54, 1.807) is 0 Å². The number of carbonyl (C=O) groups excluding carboxylic acids is 1. The van der Waals surface area contributed by atoms with E-state index in [0.717, 1.165) is 23.3 Å². The number of ether oxygens (including phenoxy) is 1. The summed E-state index contributed by atoms with van der Waals surface area (Å²) in [7, 11) is 0. The van der Waals surface area contributed by atoms with Crippen molar-refractivity contribution in [2.24, 2.45) is 0 Å². The molecule has 0 bridgehead atoms. The predicted molar refractivity (Wildman–Crippen MR) is 72.2 cm³/mol. The van der Waals surface area contributed by atoms with Crippen LogP contribution in [-0.4, -0.2) is 42.0 Å². The second-order valence-electron chi connectivity index (χ2n) is 4.34. The Hall–Kier alpha value is -1.59. The molecule has 0 aliphatic carbocycles. The normalized spacial score (nSPS) is 12.0. The minimum Gasteiger partial charge on any atom is -0.490 e. The molecule has 1 atom stereocenters. The van der Waals surface area contributed by atoms with Gasteiger partial charge in [0, 0.05) is 6.54 Å². The number of aryl methyl sites for hydroxylation is 2. The minimum atomic E-state index is -0.806. The number of nitrogens with one attached hydrogen (secondary N) is 1. The second kappa shape index (κ2) is 7.76. The topological polar surface area (TPSA) is 78.8 Å². The van der Waals surface area contributed by atoms with E-state index in [4.69, 9.17) is 9.84 Å². The Labute approximate surface area is 113 Å². The maximum atomic E-state index is 10.8. The summed E-state index contributed by atoms with van der Waals surface area (Å²) in [6.45, 7) is 3.58. The van der Waals surface area contributed by atoms with Gasteiger partial charge in [0.05, 0.1) is 0 Å². The fourth-order valence-electron chi connectivity index (χ4n) is 1.72. The third-order valence-electron chi connectivity index (χ3n) is 2.77. The third kappa shape index (κ3) is 4.89. The van der Waals surface area contributed by atoms with Gasteiger partial charge in [-0.2, -0.15) is 0 Å². The number of carbonyl (C=O) groups is 1. The standard InChI is InChI=1S/C14H21NO4/c1-3-11-6-4-5-10(2)14(11)19-9-12(17)7-15-13(18)8-16/h4-6,12,16-17H,3,7-9H2,1-2H3,(H,15,18). The zero-order valence-corrected chi connectivity index (χ0v) is 11.3. The van der Waals surface area contributed by atoms with E-state index in [1.807, 2.05) is 32.0 Å². The van der Waals surface area contributed by atoms with Crippen LogP contribution in [0.15, 0.2) is 18.2 Å². The van der Waals surface area contributed by atoms with Gasteiger partial charge in [-0.05, 0) is 24.5 Å². The van der Waals surface area contributed by atoms with Crippen LogP contribution in [0.2, 0.25) is 0 Å². The molecule has 3 N–H and O–H groups in total. The Bertz CT molecular complexity index is 420. The smallest absolute Gasteiger partial charge is 0.245 e. The summed E-state index contributed by atoms with van der Waals surface area (Å²) in [5.74, 6) is 0.279. The van der Waals surface area contributed by atoms with Crippen molar-refractivity contribution >= 4 is 5.91 Å². The molecular formula is C14H21NO4. The zero-order chi connectivity index (χ0) is 14.3. The summed E-state index contributed by atoms with van der Waals surface area (Å²) >= 11 is 0. The van der Waals surface area contributed by atoms with E-state index >= 15 is 0 Å². The molecule has 106 valence electrons. The fourth-order valence-corrected chi connectivity index (χ4v) is 1.72. The highest BCUT2D eigenvalue weighted by Gasteiger charge is 2.10. The Morgan fingerprint density at radius 3 is 2.84 bits per heavy atom. The van der Waals surface area contributed by atoms with Crippen LogP contribution in [0.1, 0.15) is 18.1 Å². The van der Waals surface area contributed by atoms with Crippen molar-refractivity contribution in [1.82, 2.24) is 5.32 Å². The summed E-state index contributed by atoms with van der Waals surface area (Å²) in [5.41, 5.74) is 2.11. The lowest BCUT2D eigenvalue weighted by atomic mass is 10.1. The van der Waals surface area contributed by atoms with Crippen molar-refractivity contribution in [3.8, 4) is 5.75 Å². The van der Waals surface area contributed by atoms with Crippen molar-refractivity contribution in [2.45, 2.75) is 26.4 Å². The summed E-state index contributed by atoms with van der Waals surface area (Å²) in [6, 6.07) is 5.91. The number of aliphatic hydroxyl groups excluding tert-OH is 2. The molecule has 1 rings (SSSR count). The first-order valence-electron chi connectivity index (χ1n) is 6.35. The number of aliphatic hydroxyl groups is 2. The van der Waals surface area contributed by atoms with Gasteiger partial charge in [-0.3, -0.25) is 4.79 Å². The van der Waals surface area contributed by atoms with E-state index in [2.05, 4.69) is 5.32 Å². The second-order valence-corrected chi connectivity index (χ2v) is 4.34. The van der Waals surface area contributed by atoms with Crippen LogP contribution < -0.4 is 10.1 Å². The van der Waals surface area contributed by atoms with Crippen LogP contribution in [0.5, 0.6) is 5.75 Å². The van der Waals surface area contributed by atoms with E-state index < -0.39 is 18.6 Å². The van der Waals surface area contributed by atoms with Gasteiger partial charge in [0.1, 0.15) is 25.1 Å². The molecule has 1 amide bonds. The van der Waals surface area contributed by atoms with Crippen LogP contribution >= 0.6 is 0 Å². The van der Waals surface area contributed by atoms with E-state index in [-0.39, 0.29) is 13.2 Å². The molecule has 5 nitrogen and oxygen atoms in total. The number of rotatable bonds is 7. The number of benzene rings is 1. The lowest BCUT2D eigenvalue weighted by Crippen LogP contribution is -2.36. The van der Waals surface area contributed by atoms with Crippen LogP contribution in [0.25, 0.3) is 0 Å². The molecule has 0 heterocycles. The average molecular weight is 267 g/mol. The SMILES string of the molecule is CCc1cccc(C)c1OCC(O)CNC(=O)CO. The van der Waals surface area contributed by atoms with Crippen molar-refractivity contribution in [3.05, 3.63) is 29.3 Å². The van der Waals surface area contributed by atoms with Crippen LogP contribution in [0.4, 0.5) is 0 Å². The lowest BCUT2D eigenvalue weighted by Gasteiger charge is -2.16. The molecule has 0 spiro atoms. The largest absolute Gasteiger partial charge is 0.490 e. The molecule has 1 aromatic carbocycles. The van der Waals surface area contributed by atoms with E-state index in [1.165, 1.54) is 0 Å². The Balaban J connectivity index is 2.50. The van der Waals surface area contributed by atoms with Gasteiger partial charge in [-0.1, -0.05) is 25.1 Å². The fraction of sp³-hybridized carbons (Fsp3) is 0.500. The lowest BCUT2D eigenvalue weighted by molar-refractivity contribution is -0.124. The Morgan fingerprint density at radius 1 is 1.47 bits per heavy atom. The van der Waals surface area contributed by atoms with Gasteiger partial charge in [-0.15, -0.1) is 0 Å². The van der Waals surface area contributed by atoms with Gasteiger partial charge in [0.25, 0.3) is 0 Å². The van der Waals surface area contributed by atoms with Gasteiger partial charge in [0.2, 0.25) is 5.91 Å². The highest BCUT2D eigenvalue weighted by Crippen LogP contribution is 2.23. The van der Waals surface area contributed by atoms with Crippen molar-refractivity contribution in [2.75, 3.05) is 19.8 Å². The van der Waals surface area contributed by atoms with E-state index in [0.29, 0.717) is 0 Å². The Kier molecular flexibility index (Phi) is 6.32. The molecule has 0 saturated heterocycles. The monoisotopic (exact) mass is 267 g/mol. The number of para-hydroxylation sites is 1. The maximum absolute atomic E-state index is 10.8. The summed E-state index contributed by atoms with van der Waals surface area (Å²) in [6.07, 6.45) is 0.0498. The van der Waals surface area contributed by atoms with Gasteiger partial charge in [0.15, 0.2) is 0 Å². The quantitative estimate of drug-likeness (QED) is 0.668. The number of amides is 1. The van der Waals surface area contributed by atoms with E-state index in [9.17, 15) is 9.90 Å². The first kappa shape index (κ1) is 15.5. The highest BCUT2D eigenvalue weighted by atomic mass is 16.5. The van der Waals surface area contributed by atoms with Gasteiger partial charge >= 0.3 is 0 Å². The first-order chi connectivity index (χ1) is 9.08. The molecule has 0 aromatic heterocycles. The molecule has 0 aliphatic rings. The molecule has 0 radical (unpaired) electrons. The molecule has 1 unspecified atom stereocenters. The molecule has 19 heavy (non-hydrogen) atoms.